The van der Waals surface area contributed by atoms with Gasteiger partial charge < -0.3 is 25.7 Å². The largest absolute Gasteiger partial charge is 0.389 e. The van der Waals surface area contributed by atoms with Gasteiger partial charge in [0.25, 0.3) is 0 Å². The van der Waals surface area contributed by atoms with Crippen molar-refractivity contribution in [2.24, 2.45) is 0 Å². The molecule has 5 rings (SSSR count). The molecule has 0 bridgehead atoms. The highest BCUT2D eigenvalue weighted by atomic mass is 19.1. The minimum absolute atomic E-state index is 0.0792. The maximum atomic E-state index is 13.5. The molecule has 2 aromatic heterocycles. The number of hydrogen-bond donors (Lipinski definition) is 3. The Morgan fingerprint density at radius 3 is 2.27 bits per heavy atom. The third kappa shape index (κ3) is 5.55. The fraction of sp³-hybridized carbons (Fsp3) is 0.400. The number of anilines is 3. The lowest BCUT2D eigenvalue weighted by Crippen LogP contribution is -2.46. The van der Waals surface area contributed by atoms with Crippen molar-refractivity contribution in [3.8, 4) is 5.82 Å². The van der Waals surface area contributed by atoms with Crippen molar-refractivity contribution in [1.82, 2.24) is 24.6 Å². The number of aromatic nitrogens is 4. The molecule has 10 nitrogen and oxygen atoms in total. The number of nitrogens with two attached hydrogens (primary N) is 1. The molecule has 196 valence electrons. The van der Waals surface area contributed by atoms with Gasteiger partial charge in [-0.1, -0.05) is 12.2 Å². The quantitative estimate of drug-likeness (QED) is 0.448. The van der Waals surface area contributed by atoms with Crippen LogP contribution in [0.5, 0.6) is 0 Å². The Bertz CT molecular complexity index is 1260. The molecule has 0 radical (unpaired) electrons. The van der Waals surface area contributed by atoms with E-state index in [1.54, 1.807) is 21.8 Å². The van der Waals surface area contributed by atoms with Crippen molar-refractivity contribution >= 4 is 23.5 Å². The summed E-state index contributed by atoms with van der Waals surface area (Å²) in [7, 11) is 0. The van der Waals surface area contributed by atoms with Crippen LogP contribution in [0, 0.1) is 18.6 Å². The Morgan fingerprint density at radius 1 is 0.946 bits per heavy atom. The first-order valence-electron chi connectivity index (χ1n) is 12.2. The molecule has 0 unspecified atom stereocenters. The van der Waals surface area contributed by atoms with E-state index in [0.29, 0.717) is 30.4 Å². The van der Waals surface area contributed by atoms with Crippen LogP contribution in [0.4, 0.5) is 26.2 Å². The minimum Gasteiger partial charge on any atom is -0.389 e. The number of hydrogen-bond acceptors (Lipinski definition) is 9. The van der Waals surface area contributed by atoms with Crippen LogP contribution in [0.1, 0.15) is 11.3 Å². The molecule has 2 aliphatic rings. The molecule has 0 saturated carbocycles. The van der Waals surface area contributed by atoms with Gasteiger partial charge in [-0.05, 0) is 19.1 Å². The summed E-state index contributed by atoms with van der Waals surface area (Å²) < 4.78 is 28.8. The van der Waals surface area contributed by atoms with E-state index in [4.69, 9.17) is 5.73 Å². The second-order valence-electron chi connectivity index (χ2n) is 9.40. The van der Waals surface area contributed by atoms with Crippen molar-refractivity contribution in [2.45, 2.75) is 19.1 Å². The maximum Gasteiger partial charge on any atom is 0.224 e. The standard InChI is InChI=1S/C25H30F2N8O2/c1-16-17(3-2-4-32-5-7-33(8-6-32)20-10-18(26)9-19(27)11-20)13-29-35(16)24-12-23(30-25(28)31-24)34-14-21(36)22(37)15-34/h2-3,9-13,21-22,36-37H,4-8,14-15H2,1H3,(H2,28,30,31)/t21-,22-/m1/s1. The zero-order valence-electron chi connectivity index (χ0n) is 20.5. The maximum absolute atomic E-state index is 13.5. The second kappa shape index (κ2) is 10.4. The summed E-state index contributed by atoms with van der Waals surface area (Å²) in [5, 5.41) is 24.2. The molecule has 4 heterocycles. The van der Waals surface area contributed by atoms with Crippen molar-refractivity contribution in [3.63, 3.8) is 0 Å². The molecule has 2 atom stereocenters. The van der Waals surface area contributed by atoms with Crippen LogP contribution in [0.3, 0.4) is 0 Å². The molecule has 2 aliphatic heterocycles. The average Bonchev–Trinajstić information content (AvgIpc) is 3.40. The van der Waals surface area contributed by atoms with Gasteiger partial charge in [0.1, 0.15) is 17.5 Å². The number of piperazine rings is 1. The summed E-state index contributed by atoms with van der Waals surface area (Å²) in [6.45, 7) is 6.14. The van der Waals surface area contributed by atoms with Gasteiger partial charge >= 0.3 is 0 Å². The van der Waals surface area contributed by atoms with Crippen LogP contribution >= 0.6 is 0 Å². The first-order chi connectivity index (χ1) is 17.8. The summed E-state index contributed by atoms with van der Waals surface area (Å²) in [6, 6.07) is 5.35. The van der Waals surface area contributed by atoms with E-state index >= 15 is 0 Å². The Labute approximate surface area is 213 Å². The highest BCUT2D eigenvalue weighted by Gasteiger charge is 2.31. The predicted molar refractivity (Wildman–Crippen MR) is 137 cm³/mol. The molecule has 2 saturated heterocycles. The first kappa shape index (κ1) is 25.1. The summed E-state index contributed by atoms with van der Waals surface area (Å²) >= 11 is 0. The van der Waals surface area contributed by atoms with E-state index in [-0.39, 0.29) is 19.0 Å². The van der Waals surface area contributed by atoms with Gasteiger partial charge in [0.05, 0.1) is 24.1 Å². The molecule has 0 amide bonds. The molecular weight excluding hydrogens is 482 g/mol. The topological polar surface area (TPSA) is 120 Å². The Hall–Kier alpha value is -3.61. The lowest BCUT2D eigenvalue weighted by atomic mass is 10.2. The highest BCUT2D eigenvalue weighted by Crippen LogP contribution is 2.23. The Kier molecular flexibility index (Phi) is 7.04. The fourth-order valence-electron chi connectivity index (χ4n) is 4.72. The van der Waals surface area contributed by atoms with E-state index < -0.39 is 23.8 Å². The SMILES string of the molecule is Cc1c(C=CCN2CCN(c3cc(F)cc(F)c3)CC2)cnn1-c1cc(N2C[C@@H](O)[C@H](O)C2)nc(N)n1. The van der Waals surface area contributed by atoms with E-state index in [1.807, 2.05) is 17.9 Å². The van der Waals surface area contributed by atoms with Gasteiger partial charge in [0.15, 0.2) is 5.82 Å². The number of benzene rings is 1. The van der Waals surface area contributed by atoms with E-state index in [2.05, 4.69) is 26.0 Å². The number of nitrogen functional groups attached to an aromatic ring is 1. The molecule has 2 fully saturated rings. The summed E-state index contributed by atoms with van der Waals surface area (Å²) in [5.74, 6) is -0.0299. The monoisotopic (exact) mass is 512 g/mol. The van der Waals surface area contributed by atoms with Crippen LogP contribution in [-0.4, -0.2) is 92.9 Å². The highest BCUT2D eigenvalue weighted by molar-refractivity contribution is 5.54. The van der Waals surface area contributed by atoms with Crippen molar-refractivity contribution in [2.75, 3.05) is 61.3 Å². The van der Waals surface area contributed by atoms with Crippen molar-refractivity contribution in [1.29, 1.82) is 0 Å². The molecule has 37 heavy (non-hydrogen) atoms. The number of aliphatic hydroxyl groups is 2. The van der Waals surface area contributed by atoms with Gasteiger partial charge in [-0.2, -0.15) is 15.1 Å². The molecule has 4 N–H and O–H groups in total. The van der Waals surface area contributed by atoms with Crippen LogP contribution < -0.4 is 15.5 Å². The number of aliphatic hydroxyl groups excluding tert-OH is 2. The van der Waals surface area contributed by atoms with Crippen molar-refractivity contribution < 1.29 is 19.0 Å². The minimum atomic E-state index is -0.838. The van der Waals surface area contributed by atoms with Gasteiger partial charge in [-0.25, -0.2) is 13.5 Å². The summed E-state index contributed by atoms with van der Waals surface area (Å²) in [4.78, 5) is 14.6. The zero-order valence-corrected chi connectivity index (χ0v) is 20.5. The van der Waals surface area contributed by atoms with E-state index in [1.165, 1.54) is 12.1 Å². The normalized spacial score (nSPS) is 20.9. The fourth-order valence-corrected chi connectivity index (χ4v) is 4.72. The third-order valence-electron chi connectivity index (χ3n) is 6.81. The predicted octanol–water partition coefficient (Wildman–Crippen LogP) is 1.21. The molecule has 0 aliphatic carbocycles. The number of β-amino-alcohol motifs (C(OH)–C–C–N with tert-alkyl or cyclic N) is 2. The van der Waals surface area contributed by atoms with Gasteiger partial charge in [-0.15, -0.1) is 0 Å². The average molecular weight is 513 g/mol. The molecule has 0 spiro atoms. The van der Waals surface area contributed by atoms with Crippen LogP contribution in [0.2, 0.25) is 0 Å². The van der Waals surface area contributed by atoms with E-state index in [0.717, 1.165) is 37.0 Å². The summed E-state index contributed by atoms with van der Waals surface area (Å²) in [6.07, 6.45) is 4.15. The summed E-state index contributed by atoms with van der Waals surface area (Å²) in [5.41, 5.74) is 8.32. The molecular formula is C25H30F2N8O2. The second-order valence-corrected chi connectivity index (χ2v) is 9.40. The molecule has 3 aromatic rings. The van der Waals surface area contributed by atoms with Crippen LogP contribution in [0.15, 0.2) is 36.5 Å². The zero-order chi connectivity index (χ0) is 26.1. The number of rotatable bonds is 6. The van der Waals surface area contributed by atoms with Gasteiger partial charge in [0.2, 0.25) is 5.95 Å². The van der Waals surface area contributed by atoms with Gasteiger partial charge in [0, 0.05) is 69.2 Å². The Morgan fingerprint density at radius 2 is 1.59 bits per heavy atom. The molecule has 1 aromatic carbocycles. The van der Waals surface area contributed by atoms with Crippen molar-refractivity contribution in [3.05, 3.63) is 59.4 Å². The smallest absolute Gasteiger partial charge is 0.224 e. The lowest BCUT2D eigenvalue weighted by Gasteiger charge is -2.35. The first-order valence-corrected chi connectivity index (χ1v) is 12.2. The number of nitrogens with zero attached hydrogens (tertiary/aromatic N) is 7. The lowest BCUT2D eigenvalue weighted by molar-refractivity contribution is 0.0572. The number of halogens is 2. The van der Waals surface area contributed by atoms with E-state index in [9.17, 15) is 19.0 Å². The van der Waals surface area contributed by atoms with Crippen LogP contribution in [0.25, 0.3) is 11.9 Å². The third-order valence-corrected chi connectivity index (χ3v) is 6.81. The Balaban J connectivity index is 1.21. The van der Waals surface area contributed by atoms with Gasteiger partial charge in [-0.3, -0.25) is 4.90 Å². The van der Waals surface area contributed by atoms with Crippen LogP contribution in [-0.2, 0) is 0 Å². The molecule has 12 heteroatoms.